The van der Waals surface area contributed by atoms with Crippen LogP contribution in [-0.4, -0.2) is 28.0 Å². The minimum absolute atomic E-state index is 0.109. The van der Waals surface area contributed by atoms with Crippen LogP contribution in [0.1, 0.15) is 12.5 Å². The van der Waals surface area contributed by atoms with Crippen LogP contribution in [0.15, 0.2) is 58.2 Å². The molecule has 1 aromatic heterocycles. The monoisotopic (exact) mass is 405 g/mol. The van der Waals surface area contributed by atoms with E-state index in [9.17, 15) is 13.6 Å². The summed E-state index contributed by atoms with van der Waals surface area (Å²) in [6.07, 6.45) is 0. The largest absolute Gasteiger partial charge is 0.433 e. The zero-order valence-electron chi connectivity index (χ0n) is 15.1. The third-order valence-corrected chi connectivity index (χ3v) is 4.61. The molecule has 0 aliphatic heterocycles. The first-order valence-electron chi connectivity index (χ1n) is 8.34. The number of hydrogen-bond acceptors (Lipinski definition) is 6. The van der Waals surface area contributed by atoms with Gasteiger partial charge in [-0.15, -0.1) is 10.2 Å². The molecule has 3 aromatic rings. The number of anilines is 1. The summed E-state index contributed by atoms with van der Waals surface area (Å²) in [4.78, 5) is 12.4. The van der Waals surface area contributed by atoms with Crippen molar-refractivity contribution in [2.75, 3.05) is 5.32 Å². The predicted molar refractivity (Wildman–Crippen MR) is 101 cm³/mol. The van der Waals surface area contributed by atoms with Crippen LogP contribution in [0.2, 0.25) is 0 Å². The molecule has 9 heteroatoms. The highest BCUT2D eigenvalue weighted by Crippen LogP contribution is 2.29. The number of para-hydroxylation sites is 2. The first kappa shape index (κ1) is 19.8. The van der Waals surface area contributed by atoms with Gasteiger partial charge in [-0.3, -0.25) is 4.79 Å². The molecular formula is C19H17F2N3O3S. The summed E-state index contributed by atoms with van der Waals surface area (Å²) in [7, 11) is 0. The summed E-state index contributed by atoms with van der Waals surface area (Å²) in [5.41, 5.74) is 2.00. The first-order chi connectivity index (χ1) is 13.4. The van der Waals surface area contributed by atoms with Gasteiger partial charge in [-0.25, -0.2) is 0 Å². The summed E-state index contributed by atoms with van der Waals surface area (Å²) in [5, 5.41) is 10.1. The van der Waals surface area contributed by atoms with E-state index in [4.69, 9.17) is 4.42 Å². The van der Waals surface area contributed by atoms with Crippen molar-refractivity contribution in [2.45, 2.75) is 30.9 Å². The Morgan fingerprint density at radius 3 is 2.71 bits per heavy atom. The van der Waals surface area contributed by atoms with Gasteiger partial charge in [-0.2, -0.15) is 8.78 Å². The lowest BCUT2D eigenvalue weighted by molar-refractivity contribution is -0.115. The third kappa shape index (κ3) is 5.07. The van der Waals surface area contributed by atoms with Crippen molar-refractivity contribution in [1.82, 2.24) is 10.2 Å². The lowest BCUT2D eigenvalue weighted by Gasteiger charge is -2.13. The van der Waals surface area contributed by atoms with E-state index in [1.54, 1.807) is 13.0 Å². The summed E-state index contributed by atoms with van der Waals surface area (Å²) in [6.45, 7) is 0.619. The Bertz CT molecular complexity index is 965. The van der Waals surface area contributed by atoms with Gasteiger partial charge in [-0.05, 0) is 38.1 Å². The quantitative estimate of drug-likeness (QED) is 0.571. The molecule has 0 aliphatic carbocycles. The molecule has 1 atom stereocenters. The molecule has 2 aromatic carbocycles. The Labute approximate surface area is 164 Å². The number of nitrogens with zero attached hydrogens (tertiary/aromatic N) is 2. The molecule has 1 amide bonds. The Balaban J connectivity index is 1.65. The maximum Gasteiger partial charge on any atom is 0.387 e. The zero-order chi connectivity index (χ0) is 20.1. The van der Waals surface area contributed by atoms with Crippen LogP contribution in [0.4, 0.5) is 14.5 Å². The first-order valence-corrected chi connectivity index (χ1v) is 9.22. The van der Waals surface area contributed by atoms with E-state index in [2.05, 4.69) is 20.3 Å². The standard InChI is InChI=1S/C19H17F2N3O3S/c1-11-6-5-7-13(10-11)17-23-24-19(27-17)28-12(2)16(25)22-14-8-3-4-9-15(14)26-18(20)21/h3-10,12,18H,1-2H3,(H,22,25)/t12-/m0/s1. The molecule has 1 heterocycles. The normalized spacial score (nSPS) is 12.0. The van der Waals surface area contributed by atoms with E-state index in [1.807, 2.05) is 31.2 Å². The van der Waals surface area contributed by atoms with Crippen molar-refractivity contribution >= 4 is 23.4 Å². The Kier molecular flexibility index (Phi) is 6.25. The number of ether oxygens (including phenoxy) is 1. The number of aryl methyl sites for hydroxylation is 1. The molecule has 0 saturated heterocycles. The lowest BCUT2D eigenvalue weighted by atomic mass is 10.1. The van der Waals surface area contributed by atoms with Crippen LogP contribution in [0.25, 0.3) is 11.5 Å². The van der Waals surface area contributed by atoms with Crippen molar-refractivity contribution in [1.29, 1.82) is 0 Å². The van der Waals surface area contributed by atoms with Gasteiger partial charge in [-0.1, -0.05) is 41.6 Å². The van der Waals surface area contributed by atoms with Gasteiger partial charge in [0.25, 0.3) is 5.22 Å². The van der Waals surface area contributed by atoms with Crippen molar-refractivity contribution in [2.24, 2.45) is 0 Å². The van der Waals surface area contributed by atoms with Crippen molar-refractivity contribution < 1.29 is 22.7 Å². The topological polar surface area (TPSA) is 77.2 Å². The molecule has 1 N–H and O–H groups in total. The van der Waals surface area contributed by atoms with Gasteiger partial charge in [0.2, 0.25) is 11.8 Å². The van der Waals surface area contributed by atoms with Crippen LogP contribution in [-0.2, 0) is 4.79 Å². The van der Waals surface area contributed by atoms with Gasteiger partial charge < -0.3 is 14.5 Å². The Morgan fingerprint density at radius 1 is 1.18 bits per heavy atom. The molecule has 28 heavy (non-hydrogen) atoms. The second-order valence-electron chi connectivity index (χ2n) is 5.87. The lowest BCUT2D eigenvalue weighted by Crippen LogP contribution is -2.23. The third-order valence-electron chi connectivity index (χ3n) is 3.68. The van der Waals surface area contributed by atoms with E-state index >= 15 is 0 Å². The molecular weight excluding hydrogens is 388 g/mol. The number of aromatic nitrogens is 2. The fourth-order valence-electron chi connectivity index (χ4n) is 2.36. The van der Waals surface area contributed by atoms with Gasteiger partial charge >= 0.3 is 6.61 Å². The van der Waals surface area contributed by atoms with Crippen LogP contribution in [0.3, 0.4) is 0 Å². The SMILES string of the molecule is Cc1cccc(-c2nnc(S[C@@H](C)C(=O)Nc3ccccc3OC(F)F)o2)c1. The number of carbonyl (C=O) groups excluding carboxylic acids is 1. The second-order valence-corrected chi connectivity index (χ2v) is 7.16. The fraction of sp³-hybridized carbons (Fsp3) is 0.211. The number of nitrogens with one attached hydrogen (secondary N) is 1. The van der Waals surface area contributed by atoms with Gasteiger partial charge in [0, 0.05) is 5.56 Å². The number of hydrogen-bond donors (Lipinski definition) is 1. The van der Waals surface area contributed by atoms with E-state index in [0.29, 0.717) is 5.89 Å². The predicted octanol–water partition coefficient (Wildman–Crippen LogP) is 4.77. The average molecular weight is 405 g/mol. The van der Waals surface area contributed by atoms with Crippen molar-refractivity contribution in [3.63, 3.8) is 0 Å². The Morgan fingerprint density at radius 2 is 1.96 bits per heavy atom. The van der Waals surface area contributed by atoms with Crippen LogP contribution in [0, 0.1) is 6.92 Å². The molecule has 0 aliphatic rings. The molecule has 0 radical (unpaired) electrons. The van der Waals surface area contributed by atoms with Crippen LogP contribution in [0.5, 0.6) is 5.75 Å². The maximum absolute atomic E-state index is 12.5. The molecule has 6 nitrogen and oxygen atoms in total. The minimum Gasteiger partial charge on any atom is -0.433 e. The Hall–Kier alpha value is -2.94. The molecule has 0 spiro atoms. The molecule has 0 fully saturated rings. The fourth-order valence-corrected chi connectivity index (χ4v) is 3.04. The highest BCUT2D eigenvalue weighted by Gasteiger charge is 2.20. The average Bonchev–Trinajstić information content (AvgIpc) is 3.11. The van der Waals surface area contributed by atoms with E-state index < -0.39 is 17.8 Å². The van der Waals surface area contributed by atoms with Crippen LogP contribution < -0.4 is 10.1 Å². The molecule has 0 saturated carbocycles. The zero-order valence-corrected chi connectivity index (χ0v) is 15.9. The molecule has 3 rings (SSSR count). The number of halogens is 2. The minimum atomic E-state index is -2.98. The van der Waals surface area contributed by atoms with Crippen molar-refractivity contribution in [3.8, 4) is 17.2 Å². The number of benzene rings is 2. The van der Waals surface area contributed by atoms with E-state index in [1.165, 1.54) is 18.2 Å². The highest BCUT2D eigenvalue weighted by molar-refractivity contribution is 8.00. The summed E-state index contributed by atoms with van der Waals surface area (Å²) < 4.78 is 35.0. The number of rotatable bonds is 7. The van der Waals surface area contributed by atoms with E-state index in [-0.39, 0.29) is 16.7 Å². The smallest absolute Gasteiger partial charge is 0.387 e. The summed E-state index contributed by atoms with van der Waals surface area (Å²) in [6, 6.07) is 13.6. The van der Waals surface area contributed by atoms with Crippen LogP contribution >= 0.6 is 11.8 Å². The van der Waals surface area contributed by atoms with Gasteiger partial charge in [0.1, 0.15) is 5.75 Å². The second kappa shape index (κ2) is 8.83. The number of alkyl halides is 2. The number of carbonyl (C=O) groups is 1. The van der Waals surface area contributed by atoms with E-state index in [0.717, 1.165) is 22.9 Å². The highest BCUT2D eigenvalue weighted by atomic mass is 32.2. The van der Waals surface area contributed by atoms with Gasteiger partial charge in [0.05, 0.1) is 10.9 Å². The van der Waals surface area contributed by atoms with Gasteiger partial charge in [0.15, 0.2) is 0 Å². The number of amides is 1. The summed E-state index contributed by atoms with van der Waals surface area (Å²) >= 11 is 1.07. The molecule has 0 bridgehead atoms. The molecule has 146 valence electrons. The van der Waals surface area contributed by atoms with Crippen molar-refractivity contribution in [3.05, 3.63) is 54.1 Å². The maximum atomic E-state index is 12.5. The summed E-state index contributed by atoms with van der Waals surface area (Å²) in [5.74, 6) is -0.164. The molecule has 0 unspecified atom stereocenters. The number of thioether (sulfide) groups is 1.